The Morgan fingerprint density at radius 1 is 0.857 bits per heavy atom. The zero-order valence-electron chi connectivity index (χ0n) is 12.1. The van der Waals surface area contributed by atoms with E-state index in [2.05, 4.69) is 52.3 Å². The van der Waals surface area contributed by atoms with E-state index < -0.39 is 5.60 Å². The lowest BCUT2D eigenvalue weighted by molar-refractivity contribution is 0.0792. The molecule has 1 N–H and O–H groups in total. The van der Waals surface area contributed by atoms with Crippen LogP contribution in [0.3, 0.4) is 0 Å². The van der Waals surface area contributed by atoms with Gasteiger partial charge >= 0.3 is 0 Å². The van der Waals surface area contributed by atoms with E-state index in [1.165, 1.54) is 10.8 Å². The van der Waals surface area contributed by atoms with Crippen LogP contribution in [-0.2, 0) is 5.60 Å². The Morgan fingerprint density at radius 2 is 1.57 bits per heavy atom. The van der Waals surface area contributed by atoms with Crippen LogP contribution in [0.25, 0.3) is 21.9 Å². The lowest BCUT2D eigenvalue weighted by atomic mass is 9.89. The third-order valence-corrected chi connectivity index (χ3v) is 4.19. The van der Waals surface area contributed by atoms with Crippen molar-refractivity contribution in [2.24, 2.45) is 0 Å². The summed E-state index contributed by atoms with van der Waals surface area (Å²) in [4.78, 5) is 0. The molecule has 0 amide bonds. The quantitative estimate of drug-likeness (QED) is 0.653. The minimum Gasteiger partial charge on any atom is -0.386 e. The lowest BCUT2D eigenvalue weighted by Crippen LogP contribution is -2.16. The molecule has 3 aromatic rings. The van der Waals surface area contributed by atoms with Gasteiger partial charge in [0.25, 0.3) is 0 Å². The molecule has 0 atom stereocenters. The van der Waals surface area contributed by atoms with Crippen LogP contribution in [0.15, 0.2) is 65.1 Å². The van der Waals surface area contributed by atoms with Gasteiger partial charge in [0.15, 0.2) is 0 Å². The molecular formula is C19H17BrO. The van der Waals surface area contributed by atoms with E-state index in [0.29, 0.717) is 0 Å². The summed E-state index contributed by atoms with van der Waals surface area (Å²) in [5, 5.41) is 12.8. The second-order valence-corrected chi connectivity index (χ2v) is 6.73. The van der Waals surface area contributed by atoms with Gasteiger partial charge in [0.05, 0.1) is 5.60 Å². The van der Waals surface area contributed by atoms with Crippen molar-refractivity contribution < 1.29 is 5.11 Å². The summed E-state index contributed by atoms with van der Waals surface area (Å²) in [7, 11) is 0. The summed E-state index contributed by atoms with van der Waals surface area (Å²) in [6, 6.07) is 20.7. The number of aliphatic hydroxyl groups is 1. The van der Waals surface area contributed by atoms with E-state index >= 15 is 0 Å². The van der Waals surface area contributed by atoms with Gasteiger partial charge in [-0.25, -0.2) is 0 Å². The molecule has 21 heavy (non-hydrogen) atoms. The van der Waals surface area contributed by atoms with Crippen LogP contribution in [0.1, 0.15) is 19.4 Å². The highest BCUT2D eigenvalue weighted by atomic mass is 79.9. The molecule has 0 heterocycles. The second kappa shape index (κ2) is 5.28. The molecule has 0 aliphatic carbocycles. The van der Waals surface area contributed by atoms with Crippen molar-refractivity contribution in [1.29, 1.82) is 0 Å². The molecule has 0 saturated heterocycles. The first-order chi connectivity index (χ1) is 9.95. The maximum absolute atomic E-state index is 10.4. The number of rotatable bonds is 2. The Hall–Kier alpha value is -1.64. The zero-order valence-corrected chi connectivity index (χ0v) is 13.7. The van der Waals surface area contributed by atoms with Crippen LogP contribution >= 0.6 is 15.9 Å². The Bertz CT molecular complexity index is 800. The van der Waals surface area contributed by atoms with Crippen LogP contribution < -0.4 is 0 Å². The van der Waals surface area contributed by atoms with Crippen molar-refractivity contribution >= 4 is 26.7 Å². The molecule has 3 aromatic carbocycles. The fraction of sp³-hybridized carbons (Fsp3) is 0.158. The minimum atomic E-state index is -0.873. The molecule has 0 spiro atoms. The third-order valence-electron chi connectivity index (χ3n) is 3.70. The maximum Gasteiger partial charge on any atom is 0.0846 e. The lowest BCUT2D eigenvalue weighted by Gasteiger charge is -2.22. The van der Waals surface area contributed by atoms with Crippen LogP contribution in [0.5, 0.6) is 0 Å². The molecule has 0 radical (unpaired) electrons. The molecule has 106 valence electrons. The first-order valence-corrected chi connectivity index (χ1v) is 7.76. The predicted molar refractivity (Wildman–Crippen MR) is 92.3 cm³/mol. The van der Waals surface area contributed by atoms with Crippen molar-refractivity contribution in [2.45, 2.75) is 19.4 Å². The minimum absolute atomic E-state index is 0.873. The maximum atomic E-state index is 10.4. The van der Waals surface area contributed by atoms with Gasteiger partial charge in [-0.15, -0.1) is 0 Å². The largest absolute Gasteiger partial charge is 0.386 e. The van der Waals surface area contributed by atoms with E-state index in [0.717, 1.165) is 21.2 Å². The predicted octanol–water partition coefficient (Wildman–Crippen LogP) is 5.50. The Balaban J connectivity index is 2.24. The summed E-state index contributed by atoms with van der Waals surface area (Å²) in [5.74, 6) is 0. The van der Waals surface area contributed by atoms with Gasteiger partial charge < -0.3 is 5.11 Å². The normalized spacial score (nSPS) is 11.8. The van der Waals surface area contributed by atoms with Crippen molar-refractivity contribution in [1.82, 2.24) is 0 Å². The number of halogens is 1. The summed E-state index contributed by atoms with van der Waals surface area (Å²) in [6.45, 7) is 3.64. The standard InChI is InChI=1S/C19H17BrO/c1-19(2,21)18-10-9-16(20)12-17(18)15-8-7-13-5-3-4-6-14(13)11-15/h3-12,21H,1-2H3. The van der Waals surface area contributed by atoms with Crippen LogP contribution in [0, 0.1) is 0 Å². The smallest absolute Gasteiger partial charge is 0.0846 e. The summed E-state index contributed by atoms with van der Waals surface area (Å²) < 4.78 is 1.01. The topological polar surface area (TPSA) is 20.2 Å². The van der Waals surface area contributed by atoms with Crippen molar-refractivity contribution in [2.75, 3.05) is 0 Å². The Kier molecular flexibility index (Phi) is 3.60. The molecule has 0 saturated carbocycles. The number of benzene rings is 3. The van der Waals surface area contributed by atoms with Gasteiger partial charge in [-0.3, -0.25) is 0 Å². The van der Waals surface area contributed by atoms with Gasteiger partial charge in [-0.1, -0.05) is 58.4 Å². The zero-order chi connectivity index (χ0) is 15.0. The van der Waals surface area contributed by atoms with E-state index in [1.807, 2.05) is 38.1 Å². The fourth-order valence-corrected chi connectivity index (χ4v) is 3.01. The van der Waals surface area contributed by atoms with Crippen molar-refractivity contribution in [3.8, 4) is 11.1 Å². The molecule has 0 unspecified atom stereocenters. The van der Waals surface area contributed by atoms with Crippen LogP contribution in [-0.4, -0.2) is 5.11 Å². The molecule has 1 nitrogen and oxygen atoms in total. The average molecular weight is 341 g/mol. The Morgan fingerprint density at radius 3 is 2.29 bits per heavy atom. The van der Waals surface area contributed by atoms with Crippen molar-refractivity contribution in [3.05, 3.63) is 70.7 Å². The van der Waals surface area contributed by atoms with Gasteiger partial charge in [0, 0.05) is 4.47 Å². The van der Waals surface area contributed by atoms with Gasteiger partial charge in [0.1, 0.15) is 0 Å². The molecular weight excluding hydrogens is 324 g/mol. The highest BCUT2D eigenvalue weighted by molar-refractivity contribution is 9.10. The number of hydrogen-bond donors (Lipinski definition) is 1. The Labute approximate surface area is 133 Å². The monoisotopic (exact) mass is 340 g/mol. The van der Waals surface area contributed by atoms with Crippen LogP contribution in [0.2, 0.25) is 0 Å². The first-order valence-electron chi connectivity index (χ1n) is 6.97. The van der Waals surface area contributed by atoms with E-state index in [1.54, 1.807) is 0 Å². The number of hydrogen-bond acceptors (Lipinski definition) is 1. The van der Waals surface area contributed by atoms with Gasteiger partial charge in [-0.05, 0) is 59.5 Å². The number of fused-ring (bicyclic) bond motifs is 1. The average Bonchev–Trinajstić information content (AvgIpc) is 2.45. The summed E-state index contributed by atoms with van der Waals surface area (Å²) in [5.41, 5.74) is 2.23. The SMILES string of the molecule is CC(C)(O)c1ccc(Br)cc1-c1ccc2ccccc2c1. The van der Waals surface area contributed by atoms with Crippen molar-refractivity contribution in [3.63, 3.8) is 0 Å². The molecule has 0 aliphatic heterocycles. The van der Waals surface area contributed by atoms with Crippen LogP contribution in [0.4, 0.5) is 0 Å². The second-order valence-electron chi connectivity index (χ2n) is 5.81. The third kappa shape index (κ3) is 2.87. The van der Waals surface area contributed by atoms with Gasteiger partial charge in [-0.2, -0.15) is 0 Å². The van der Waals surface area contributed by atoms with E-state index in [9.17, 15) is 5.11 Å². The van der Waals surface area contributed by atoms with E-state index in [4.69, 9.17) is 0 Å². The molecule has 2 heteroatoms. The molecule has 0 fully saturated rings. The van der Waals surface area contributed by atoms with E-state index in [-0.39, 0.29) is 0 Å². The molecule has 0 aromatic heterocycles. The molecule has 0 aliphatic rings. The highest BCUT2D eigenvalue weighted by Gasteiger charge is 2.20. The molecule has 3 rings (SSSR count). The van der Waals surface area contributed by atoms with Gasteiger partial charge in [0.2, 0.25) is 0 Å². The fourth-order valence-electron chi connectivity index (χ4n) is 2.65. The molecule has 0 bridgehead atoms. The summed E-state index contributed by atoms with van der Waals surface area (Å²) >= 11 is 3.53. The highest BCUT2D eigenvalue weighted by Crippen LogP contribution is 2.35. The first kappa shape index (κ1) is 14.3. The summed E-state index contributed by atoms with van der Waals surface area (Å²) in [6.07, 6.45) is 0.